The minimum atomic E-state index is -0.923. The highest BCUT2D eigenvalue weighted by Gasteiger charge is 2.45. The predicted octanol–water partition coefficient (Wildman–Crippen LogP) is 1.30. The maximum absolute atomic E-state index is 13.3. The summed E-state index contributed by atoms with van der Waals surface area (Å²) in [7, 11) is 0. The third-order valence-corrected chi connectivity index (χ3v) is 7.58. The lowest BCUT2D eigenvalue weighted by Crippen LogP contribution is -2.54. The van der Waals surface area contributed by atoms with Crippen LogP contribution in [-0.2, 0) is 16.1 Å². The van der Waals surface area contributed by atoms with Gasteiger partial charge in [-0.3, -0.25) is 34.3 Å². The summed E-state index contributed by atoms with van der Waals surface area (Å²) in [5.74, 6) is -0.268. The second-order valence-electron chi connectivity index (χ2n) is 9.51. The predicted molar refractivity (Wildman–Crippen MR) is 117 cm³/mol. The first-order chi connectivity index (χ1) is 15.5. The number of rotatable bonds is 4. The number of benzene rings is 1. The number of amides is 4. The number of hydrogen-bond donors (Lipinski definition) is 2. The van der Waals surface area contributed by atoms with Crippen LogP contribution in [0.4, 0.5) is 0 Å². The zero-order valence-electron chi connectivity index (χ0n) is 18.3. The van der Waals surface area contributed by atoms with Gasteiger partial charge in [0.25, 0.3) is 11.8 Å². The van der Waals surface area contributed by atoms with E-state index in [0.717, 1.165) is 61.3 Å². The Bertz CT molecular complexity index is 947. The Hall–Kier alpha value is -2.58. The van der Waals surface area contributed by atoms with Crippen molar-refractivity contribution in [2.24, 2.45) is 11.8 Å². The van der Waals surface area contributed by atoms with E-state index >= 15 is 0 Å². The van der Waals surface area contributed by atoms with Crippen LogP contribution in [0.25, 0.3) is 0 Å². The Morgan fingerprint density at radius 1 is 0.938 bits per heavy atom. The zero-order chi connectivity index (χ0) is 22.2. The summed E-state index contributed by atoms with van der Waals surface area (Å²) in [5, 5.41) is 5.77. The van der Waals surface area contributed by atoms with E-state index < -0.39 is 23.8 Å². The highest BCUT2D eigenvalue weighted by Crippen LogP contribution is 2.33. The second kappa shape index (κ2) is 8.75. The summed E-state index contributed by atoms with van der Waals surface area (Å²) >= 11 is 0. The zero-order valence-corrected chi connectivity index (χ0v) is 18.3. The molecule has 4 heterocycles. The van der Waals surface area contributed by atoms with Crippen LogP contribution >= 0.6 is 0 Å². The molecule has 0 bridgehead atoms. The lowest BCUT2D eigenvalue weighted by atomic mass is 9.80. The van der Waals surface area contributed by atoms with Crippen LogP contribution < -0.4 is 10.6 Å². The number of fused-ring (bicyclic) bond motifs is 1. The molecule has 2 atom stereocenters. The van der Waals surface area contributed by atoms with Crippen LogP contribution in [0, 0.1) is 11.8 Å². The molecule has 32 heavy (non-hydrogen) atoms. The van der Waals surface area contributed by atoms with Crippen molar-refractivity contribution in [3.8, 4) is 0 Å². The van der Waals surface area contributed by atoms with Crippen LogP contribution in [-0.4, -0.2) is 65.6 Å². The Morgan fingerprint density at radius 2 is 1.75 bits per heavy atom. The summed E-state index contributed by atoms with van der Waals surface area (Å²) in [6, 6.07) is 4.46. The molecule has 4 aliphatic rings. The molecule has 2 N–H and O–H groups in total. The van der Waals surface area contributed by atoms with Crippen molar-refractivity contribution in [1.29, 1.82) is 0 Å². The molecule has 0 saturated carbocycles. The van der Waals surface area contributed by atoms with Crippen LogP contribution in [0.5, 0.6) is 0 Å². The molecule has 3 fully saturated rings. The first-order valence-electron chi connectivity index (χ1n) is 11.8. The van der Waals surface area contributed by atoms with Gasteiger partial charge in [0.05, 0.1) is 11.1 Å². The quantitative estimate of drug-likeness (QED) is 0.688. The molecule has 8 heteroatoms. The number of hydrogen-bond acceptors (Lipinski definition) is 6. The molecule has 1 aromatic rings. The van der Waals surface area contributed by atoms with E-state index in [1.54, 1.807) is 6.07 Å². The fourth-order valence-electron chi connectivity index (χ4n) is 5.82. The van der Waals surface area contributed by atoms with E-state index in [2.05, 4.69) is 15.5 Å². The van der Waals surface area contributed by atoms with Gasteiger partial charge in [0, 0.05) is 13.0 Å². The summed E-state index contributed by atoms with van der Waals surface area (Å²) in [6.07, 6.45) is 5.21. The van der Waals surface area contributed by atoms with E-state index in [0.29, 0.717) is 17.7 Å². The average molecular weight is 439 g/mol. The third-order valence-electron chi connectivity index (χ3n) is 7.58. The molecule has 4 aliphatic heterocycles. The van der Waals surface area contributed by atoms with E-state index in [1.165, 1.54) is 12.8 Å². The maximum Gasteiger partial charge on any atom is 0.262 e. The Morgan fingerprint density at radius 3 is 2.47 bits per heavy atom. The highest BCUT2D eigenvalue weighted by molar-refractivity contribution is 6.24. The van der Waals surface area contributed by atoms with Gasteiger partial charge in [-0.1, -0.05) is 12.1 Å². The molecule has 0 aliphatic carbocycles. The van der Waals surface area contributed by atoms with Crippen molar-refractivity contribution in [3.05, 3.63) is 34.9 Å². The monoisotopic (exact) mass is 438 g/mol. The number of nitrogens with zero attached hydrogens (tertiary/aromatic N) is 2. The molecule has 5 rings (SSSR count). The number of piperidine rings is 3. The summed E-state index contributed by atoms with van der Waals surface area (Å²) in [6.45, 7) is 4.87. The Labute approximate surface area is 187 Å². The molecule has 0 spiro atoms. The van der Waals surface area contributed by atoms with Crippen LogP contribution in [0.3, 0.4) is 0 Å². The molecule has 170 valence electrons. The minimum absolute atomic E-state index is 0.127. The SMILES string of the molecule is O=C1CCC(N2C(=O)c3cccc(CN4CCC(C5CCCNC5)CC4)c3C2=O)C(=O)N1. The van der Waals surface area contributed by atoms with Gasteiger partial charge in [-0.2, -0.15) is 0 Å². The van der Waals surface area contributed by atoms with Crippen molar-refractivity contribution in [3.63, 3.8) is 0 Å². The molecular weight excluding hydrogens is 408 g/mol. The van der Waals surface area contributed by atoms with Crippen molar-refractivity contribution in [2.45, 2.75) is 51.1 Å². The van der Waals surface area contributed by atoms with Crippen LogP contribution in [0.1, 0.15) is 64.8 Å². The number of likely N-dealkylation sites (tertiary alicyclic amines) is 1. The van der Waals surface area contributed by atoms with E-state index in [9.17, 15) is 19.2 Å². The molecule has 4 amide bonds. The molecular formula is C24H30N4O4. The topological polar surface area (TPSA) is 98.8 Å². The molecule has 8 nitrogen and oxygen atoms in total. The molecule has 1 aromatic carbocycles. The van der Waals surface area contributed by atoms with Crippen molar-refractivity contribution in [1.82, 2.24) is 20.4 Å². The van der Waals surface area contributed by atoms with Gasteiger partial charge in [0.2, 0.25) is 11.8 Å². The number of nitrogens with one attached hydrogen (secondary N) is 2. The summed E-state index contributed by atoms with van der Waals surface area (Å²) in [4.78, 5) is 53.5. The molecule has 2 unspecified atom stereocenters. The van der Waals surface area contributed by atoms with Gasteiger partial charge in [-0.25, -0.2) is 0 Å². The van der Waals surface area contributed by atoms with Crippen LogP contribution in [0.2, 0.25) is 0 Å². The molecule has 3 saturated heterocycles. The largest absolute Gasteiger partial charge is 0.316 e. The summed E-state index contributed by atoms with van der Waals surface area (Å²) < 4.78 is 0. The maximum atomic E-state index is 13.3. The number of carbonyl (C=O) groups is 4. The van der Waals surface area contributed by atoms with Gasteiger partial charge >= 0.3 is 0 Å². The fraction of sp³-hybridized carbons (Fsp3) is 0.583. The summed E-state index contributed by atoms with van der Waals surface area (Å²) in [5.41, 5.74) is 1.62. The first kappa shape index (κ1) is 21.3. The molecule has 0 radical (unpaired) electrons. The van der Waals surface area contributed by atoms with Gasteiger partial charge in [-0.05, 0) is 81.7 Å². The Kier molecular flexibility index (Phi) is 5.82. The van der Waals surface area contributed by atoms with Crippen molar-refractivity contribution >= 4 is 23.6 Å². The first-order valence-corrected chi connectivity index (χ1v) is 11.8. The van der Waals surface area contributed by atoms with Crippen molar-refractivity contribution < 1.29 is 19.2 Å². The van der Waals surface area contributed by atoms with Crippen LogP contribution in [0.15, 0.2) is 18.2 Å². The second-order valence-corrected chi connectivity index (χ2v) is 9.51. The van der Waals surface area contributed by atoms with E-state index in [4.69, 9.17) is 0 Å². The highest BCUT2D eigenvalue weighted by atomic mass is 16.2. The van der Waals surface area contributed by atoms with Gasteiger partial charge in [0.1, 0.15) is 6.04 Å². The number of imide groups is 2. The third kappa shape index (κ3) is 3.86. The normalized spacial score (nSPS) is 27.6. The van der Waals surface area contributed by atoms with Gasteiger partial charge < -0.3 is 5.32 Å². The molecule has 0 aromatic heterocycles. The fourth-order valence-corrected chi connectivity index (χ4v) is 5.82. The Balaban J connectivity index is 1.28. The lowest BCUT2D eigenvalue weighted by molar-refractivity contribution is -0.136. The number of carbonyl (C=O) groups excluding carboxylic acids is 4. The lowest BCUT2D eigenvalue weighted by Gasteiger charge is -2.38. The smallest absolute Gasteiger partial charge is 0.262 e. The van der Waals surface area contributed by atoms with E-state index in [1.807, 2.05) is 12.1 Å². The minimum Gasteiger partial charge on any atom is -0.316 e. The average Bonchev–Trinajstić information content (AvgIpc) is 3.06. The van der Waals surface area contributed by atoms with Gasteiger partial charge in [0.15, 0.2) is 0 Å². The van der Waals surface area contributed by atoms with Gasteiger partial charge in [-0.15, -0.1) is 0 Å². The van der Waals surface area contributed by atoms with E-state index in [-0.39, 0.29) is 18.7 Å². The van der Waals surface area contributed by atoms with Crippen molar-refractivity contribution in [2.75, 3.05) is 26.2 Å². The standard InChI is InChI=1S/C24H30N4O4/c29-20-7-6-19(22(30)26-20)28-23(31)18-5-1-3-17(21(18)24(28)32)14-27-11-8-15(9-12-27)16-4-2-10-25-13-16/h1,3,5,15-16,19,25H,2,4,6-14H2,(H,26,29,30).